The molecule has 1 rings (SSSR count). The van der Waals surface area contributed by atoms with Gasteiger partial charge in [-0.2, -0.15) is 0 Å². The molecule has 0 saturated heterocycles. The minimum absolute atomic E-state index is 0.567. The summed E-state index contributed by atoms with van der Waals surface area (Å²) in [5, 5.41) is 6.35. The normalized spacial score (nSPS) is 17.2. The molecule has 0 saturated carbocycles. The van der Waals surface area contributed by atoms with Crippen LogP contribution in [0, 0.1) is 5.92 Å². The van der Waals surface area contributed by atoms with E-state index in [9.17, 15) is 0 Å². The van der Waals surface area contributed by atoms with Crippen LogP contribution in [0.5, 0.6) is 0 Å². The van der Waals surface area contributed by atoms with E-state index >= 15 is 0 Å². The van der Waals surface area contributed by atoms with E-state index in [1.807, 2.05) is 12.4 Å². The van der Waals surface area contributed by atoms with Crippen molar-refractivity contribution in [1.29, 1.82) is 0 Å². The topological polar surface area (TPSA) is 24.1 Å². The molecule has 0 radical (unpaired) electrons. The second kappa shape index (κ2) is 2.78. The van der Waals surface area contributed by atoms with Crippen LogP contribution < -0.4 is 10.6 Å². The summed E-state index contributed by atoms with van der Waals surface area (Å²) in [7, 11) is 0. The minimum Gasteiger partial charge on any atom is -0.362 e. The van der Waals surface area contributed by atoms with Gasteiger partial charge in [-0.25, -0.2) is 0 Å². The van der Waals surface area contributed by atoms with Crippen molar-refractivity contribution in [2.24, 2.45) is 5.92 Å². The van der Waals surface area contributed by atoms with Crippen molar-refractivity contribution in [3.05, 3.63) is 23.8 Å². The summed E-state index contributed by atoms with van der Waals surface area (Å²) < 4.78 is 0. The fourth-order valence-electron chi connectivity index (χ4n) is 1.08. The smallest absolute Gasteiger partial charge is 0.0365 e. The number of rotatable bonds is 1. The molecule has 0 amide bonds. The van der Waals surface area contributed by atoms with Gasteiger partial charge in [0, 0.05) is 23.8 Å². The van der Waals surface area contributed by atoms with Crippen LogP contribution in [-0.4, -0.2) is 0 Å². The van der Waals surface area contributed by atoms with Crippen LogP contribution >= 0.6 is 0 Å². The SMILES string of the molecule is CC1=C(C(C)C)NC=CN1. The first-order valence-electron chi connectivity index (χ1n) is 3.60. The van der Waals surface area contributed by atoms with Gasteiger partial charge in [-0.3, -0.25) is 0 Å². The van der Waals surface area contributed by atoms with Gasteiger partial charge >= 0.3 is 0 Å². The molecule has 2 heteroatoms. The maximum absolute atomic E-state index is 3.20. The van der Waals surface area contributed by atoms with Crippen LogP contribution in [-0.2, 0) is 0 Å². The molecule has 1 aliphatic heterocycles. The third kappa shape index (κ3) is 1.32. The molecule has 1 aliphatic rings. The Balaban J connectivity index is 2.72. The molecule has 0 spiro atoms. The van der Waals surface area contributed by atoms with Crippen molar-refractivity contribution in [1.82, 2.24) is 10.6 Å². The van der Waals surface area contributed by atoms with Crippen molar-refractivity contribution in [2.75, 3.05) is 0 Å². The standard InChI is InChI=1S/C8H14N2/c1-6(2)8-7(3)9-4-5-10-8/h4-6,9-10H,1-3H3. The van der Waals surface area contributed by atoms with Crippen molar-refractivity contribution in [2.45, 2.75) is 20.8 Å². The molecule has 0 aromatic heterocycles. The summed E-state index contributed by atoms with van der Waals surface area (Å²) in [5.41, 5.74) is 2.50. The number of nitrogens with one attached hydrogen (secondary N) is 2. The van der Waals surface area contributed by atoms with E-state index in [0.29, 0.717) is 5.92 Å². The minimum atomic E-state index is 0.567. The molecule has 0 atom stereocenters. The van der Waals surface area contributed by atoms with Gasteiger partial charge in [-0.05, 0) is 12.8 Å². The lowest BCUT2D eigenvalue weighted by atomic mass is 10.1. The Kier molecular flexibility index (Phi) is 2.00. The predicted molar refractivity (Wildman–Crippen MR) is 42.9 cm³/mol. The molecule has 0 fully saturated rings. The molecule has 56 valence electrons. The maximum atomic E-state index is 3.20. The van der Waals surface area contributed by atoms with Gasteiger partial charge in [0.1, 0.15) is 0 Å². The average molecular weight is 138 g/mol. The van der Waals surface area contributed by atoms with E-state index in [1.54, 1.807) is 0 Å². The van der Waals surface area contributed by atoms with Crippen LogP contribution in [0.4, 0.5) is 0 Å². The van der Waals surface area contributed by atoms with E-state index in [1.165, 1.54) is 11.4 Å². The van der Waals surface area contributed by atoms with E-state index in [2.05, 4.69) is 31.4 Å². The first-order valence-corrected chi connectivity index (χ1v) is 3.60. The molecule has 0 aromatic carbocycles. The van der Waals surface area contributed by atoms with Crippen LogP contribution in [0.25, 0.3) is 0 Å². The summed E-state index contributed by atoms with van der Waals surface area (Å²) in [6, 6.07) is 0. The van der Waals surface area contributed by atoms with Crippen molar-refractivity contribution < 1.29 is 0 Å². The summed E-state index contributed by atoms with van der Waals surface area (Å²) in [6.07, 6.45) is 3.82. The quantitative estimate of drug-likeness (QED) is 0.574. The maximum Gasteiger partial charge on any atom is 0.0365 e. The van der Waals surface area contributed by atoms with Gasteiger partial charge in [-0.15, -0.1) is 0 Å². The van der Waals surface area contributed by atoms with E-state index in [0.717, 1.165) is 0 Å². The third-order valence-corrected chi connectivity index (χ3v) is 1.60. The number of hydrogen-bond acceptors (Lipinski definition) is 2. The predicted octanol–water partition coefficient (Wildman–Crippen LogP) is 1.54. The fourth-order valence-corrected chi connectivity index (χ4v) is 1.08. The third-order valence-electron chi connectivity index (χ3n) is 1.60. The first kappa shape index (κ1) is 7.19. The highest BCUT2D eigenvalue weighted by molar-refractivity contribution is 5.18. The first-order chi connectivity index (χ1) is 4.72. The molecule has 1 heterocycles. The van der Waals surface area contributed by atoms with E-state index < -0.39 is 0 Å². The lowest BCUT2D eigenvalue weighted by Gasteiger charge is -2.19. The Bertz CT molecular complexity index is 178. The molecule has 0 aliphatic carbocycles. The Hall–Kier alpha value is -0.920. The molecule has 10 heavy (non-hydrogen) atoms. The van der Waals surface area contributed by atoms with Gasteiger partial charge in [0.2, 0.25) is 0 Å². The van der Waals surface area contributed by atoms with Gasteiger partial charge < -0.3 is 10.6 Å². The van der Waals surface area contributed by atoms with Crippen LogP contribution in [0.1, 0.15) is 20.8 Å². The van der Waals surface area contributed by atoms with Crippen LogP contribution in [0.15, 0.2) is 23.8 Å². The van der Waals surface area contributed by atoms with Crippen molar-refractivity contribution >= 4 is 0 Å². The molecule has 0 bridgehead atoms. The lowest BCUT2D eigenvalue weighted by molar-refractivity contribution is 0.675. The van der Waals surface area contributed by atoms with Crippen LogP contribution in [0.3, 0.4) is 0 Å². The van der Waals surface area contributed by atoms with Gasteiger partial charge in [0.15, 0.2) is 0 Å². The highest BCUT2D eigenvalue weighted by Crippen LogP contribution is 2.11. The zero-order valence-electron chi connectivity index (χ0n) is 6.73. The zero-order valence-corrected chi connectivity index (χ0v) is 6.73. The Morgan fingerprint density at radius 1 is 1.20 bits per heavy atom. The summed E-state index contributed by atoms with van der Waals surface area (Å²) >= 11 is 0. The Labute approximate surface area is 62.0 Å². The van der Waals surface area contributed by atoms with Crippen molar-refractivity contribution in [3.8, 4) is 0 Å². The number of allylic oxidation sites excluding steroid dienone is 2. The number of hydrogen-bond donors (Lipinski definition) is 2. The summed E-state index contributed by atoms with van der Waals surface area (Å²) in [5.74, 6) is 0.567. The zero-order chi connectivity index (χ0) is 7.56. The molecule has 2 nitrogen and oxygen atoms in total. The van der Waals surface area contributed by atoms with Gasteiger partial charge in [-0.1, -0.05) is 13.8 Å². The Morgan fingerprint density at radius 2 is 1.80 bits per heavy atom. The van der Waals surface area contributed by atoms with E-state index in [4.69, 9.17) is 0 Å². The van der Waals surface area contributed by atoms with Crippen molar-refractivity contribution in [3.63, 3.8) is 0 Å². The highest BCUT2D eigenvalue weighted by atomic mass is 15.0. The molecular weight excluding hydrogens is 124 g/mol. The average Bonchev–Trinajstić information content (AvgIpc) is 1.88. The highest BCUT2D eigenvalue weighted by Gasteiger charge is 2.06. The second-order valence-corrected chi connectivity index (χ2v) is 2.82. The molecular formula is C8H14N2. The lowest BCUT2D eigenvalue weighted by Crippen LogP contribution is -2.22. The van der Waals surface area contributed by atoms with Gasteiger partial charge in [0.05, 0.1) is 0 Å². The summed E-state index contributed by atoms with van der Waals surface area (Å²) in [4.78, 5) is 0. The fraction of sp³-hybridized carbons (Fsp3) is 0.500. The second-order valence-electron chi connectivity index (χ2n) is 2.82. The monoisotopic (exact) mass is 138 g/mol. The van der Waals surface area contributed by atoms with E-state index in [-0.39, 0.29) is 0 Å². The Morgan fingerprint density at radius 3 is 2.20 bits per heavy atom. The molecule has 0 unspecified atom stereocenters. The van der Waals surface area contributed by atoms with Crippen LogP contribution in [0.2, 0.25) is 0 Å². The summed E-state index contributed by atoms with van der Waals surface area (Å²) in [6.45, 7) is 6.42. The molecule has 2 N–H and O–H groups in total. The van der Waals surface area contributed by atoms with Gasteiger partial charge in [0.25, 0.3) is 0 Å². The largest absolute Gasteiger partial charge is 0.362 e. The molecule has 0 aromatic rings.